The molecule has 0 radical (unpaired) electrons. The first-order valence-electron chi connectivity index (χ1n) is 7.52. The molecule has 0 saturated heterocycles. The Morgan fingerprint density at radius 3 is 2.79 bits per heavy atom. The maximum absolute atomic E-state index is 12.2. The van der Waals surface area contributed by atoms with Crippen LogP contribution in [0.5, 0.6) is 11.5 Å². The molecular weight excluding hydrogens is 312 g/mol. The molecule has 0 saturated carbocycles. The van der Waals surface area contributed by atoms with E-state index in [1.165, 1.54) is 12.4 Å². The zero-order valence-corrected chi connectivity index (χ0v) is 13.2. The molecule has 126 valence electrons. The number of benzene rings is 1. The number of methoxy groups -OCH3 is 1. The summed E-state index contributed by atoms with van der Waals surface area (Å²) in [5, 5.41) is 5.80. The molecule has 0 bridgehead atoms. The molecule has 1 aliphatic heterocycles. The van der Waals surface area contributed by atoms with E-state index in [2.05, 4.69) is 20.6 Å². The average molecular weight is 330 g/mol. The molecule has 0 fully saturated rings. The van der Waals surface area contributed by atoms with Crippen LogP contribution in [0.4, 0.5) is 11.5 Å². The van der Waals surface area contributed by atoms with Gasteiger partial charge < -0.3 is 24.8 Å². The Hall–Kier alpha value is -2.87. The number of nitrogens with zero attached hydrogens (tertiary/aromatic N) is 2. The van der Waals surface area contributed by atoms with Crippen molar-refractivity contribution in [1.29, 1.82) is 0 Å². The van der Waals surface area contributed by atoms with Gasteiger partial charge in [0, 0.05) is 25.4 Å². The lowest BCUT2D eigenvalue weighted by Gasteiger charge is -2.18. The maximum Gasteiger partial charge on any atom is 0.275 e. The Labute approximate surface area is 139 Å². The smallest absolute Gasteiger partial charge is 0.275 e. The number of carbonyl (C=O) groups is 1. The van der Waals surface area contributed by atoms with Crippen LogP contribution in [0.3, 0.4) is 0 Å². The molecule has 0 spiro atoms. The number of ether oxygens (including phenoxy) is 3. The summed E-state index contributed by atoms with van der Waals surface area (Å²) in [6.07, 6.45) is 2.93. The molecular formula is C16H18N4O4. The largest absolute Gasteiger partial charge is 0.486 e. The fourth-order valence-corrected chi connectivity index (χ4v) is 2.13. The van der Waals surface area contributed by atoms with Gasteiger partial charge in [-0.2, -0.15) is 0 Å². The fourth-order valence-electron chi connectivity index (χ4n) is 2.13. The summed E-state index contributed by atoms with van der Waals surface area (Å²) in [5.41, 5.74) is 0.829. The van der Waals surface area contributed by atoms with E-state index < -0.39 is 0 Å². The number of hydrogen-bond donors (Lipinski definition) is 2. The van der Waals surface area contributed by atoms with E-state index in [1.807, 2.05) is 0 Å². The molecule has 3 rings (SSSR count). The SMILES string of the molecule is COCCNc1cnc(C(=O)Nc2ccc3c(c2)OCCO3)cn1. The number of carbonyl (C=O) groups excluding carboxylic acids is 1. The second-order valence-corrected chi connectivity index (χ2v) is 5.02. The second-order valence-electron chi connectivity index (χ2n) is 5.02. The van der Waals surface area contributed by atoms with Gasteiger partial charge in [0.05, 0.1) is 19.0 Å². The standard InChI is InChI=1S/C16H18N4O4/c1-22-5-4-17-15-10-18-12(9-19-15)16(21)20-11-2-3-13-14(8-11)24-7-6-23-13/h2-3,8-10H,4-7H2,1H3,(H,17,19)(H,20,21). The Morgan fingerprint density at radius 1 is 1.21 bits per heavy atom. The molecule has 2 aromatic rings. The Balaban J connectivity index is 1.62. The van der Waals surface area contributed by atoms with Crippen molar-refractivity contribution in [2.75, 3.05) is 44.1 Å². The van der Waals surface area contributed by atoms with Crippen LogP contribution >= 0.6 is 0 Å². The van der Waals surface area contributed by atoms with Crippen LogP contribution in [-0.4, -0.2) is 49.4 Å². The minimum atomic E-state index is -0.345. The number of nitrogens with one attached hydrogen (secondary N) is 2. The van der Waals surface area contributed by atoms with E-state index in [1.54, 1.807) is 25.3 Å². The van der Waals surface area contributed by atoms with E-state index >= 15 is 0 Å². The summed E-state index contributed by atoms with van der Waals surface area (Å²) in [5.74, 6) is 1.53. The number of aromatic nitrogens is 2. The second kappa shape index (κ2) is 7.60. The lowest BCUT2D eigenvalue weighted by Crippen LogP contribution is -2.17. The first-order valence-corrected chi connectivity index (χ1v) is 7.52. The lowest BCUT2D eigenvalue weighted by molar-refractivity contribution is 0.102. The van der Waals surface area contributed by atoms with Crippen molar-refractivity contribution in [3.8, 4) is 11.5 Å². The quantitative estimate of drug-likeness (QED) is 0.776. The Kier molecular flexibility index (Phi) is 5.07. The minimum Gasteiger partial charge on any atom is -0.486 e. The van der Waals surface area contributed by atoms with Crippen molar-refractivity contribution >= 4 is 17.4 Å². The molecule has 8 nitrogen and oxygen atoms in total. The minimum absolute atomic E-state index is 0.224. The van der Waals surface area contributed by atoms with Crippen molar-refractivity contribution in [2.24, 2.45) is 0 Å². The summed E-state index contributed by atoms with van der Waals surface area (Å²) in [6.45, 7) is 2.20. The monoisotopic (exact) mass is 330 g/mol. The van der Waals surface area contributed by atoms with E-state index in [4.69, 9.17) is 14.2 Å². The van der Waals surface area contributed by atoms with Gasteiger partial charge in [0.1, 0.15) is 24.7 Å². The summed E-state index contributed by atoms with van der Waals surface area (Å²) in [4.78, 5) is 20.5. The van der Waals surface area contributed by atoms with Crippen LogP contribution in [0.2, 0.25) is 0 Å². The first kappa shape index (κ1) is 16.0. The number of fused-ring (bicyclic) bond motifs is 1. The van der Waals surface area contributed by atoms with E-state index in [0.29, 0.717) is 49.4 Å². The molecule has 0 atom stereocenters. The predicted molar refractivity (Wildman–Crippen MR) is 87.8 cm³/mol. The highest BCUT2D eigenvalue weighted by atomic mass is 16.6. The number of hydrogen-bond acceptors (Lipinski definition) is 7. The van der Waals surface area contributed by atoms with Gasteiger partial charge in [-0.25, -0.2) is 9.97 Å². The molecule has 1 aliphatic rings. The van der Waals surface area contributed by atoms with Crippen molar-refractivity contribution < 1.29 is 19.0 Å². The van der Waals surface area contributed by atoms with Crippen LogP contribution in [0.15, 0.2) is 30.6 Å². The molecule has 1 aromatic carbocycles. The van der Waals surface area contributed by atoms with Crippen molar-refractivity contribution in [3.63, 3.8) is 0 Å². The number of amides is 1. The van der Waals surface area contributed by atoms with Crippen LogP contribution in [0.25, 0.3) is 0 Å². The zero-order valence-electron chi connectivity index (χ0n) is 13.2. The predicted octanol–water partition coefficient (Wildman–Crippen LogP) is 1.56. The first-order chi connectivity index (χ1) is 11.8. The molecule has 8 heteroatoms. The van der Waals surface area contributed by atoms with Gasteiger partial charge in [0.2, 0.25) is 0 Å². The maximum atomic E-state index is 12.2. The Morgan fingerprint density at radius 2 is 2.04 bits per heavy atom. The van der Waals surface area contributed by atoms with Gasteiger partial charge in [-0.3, -0.25) is 4.79 Å². The van der Waals surface area contributed by atoms with E-state index in [9.17, 15) is 4.79 Å². The van der Waals surface area contributed by atoms with Crippen molar-refractivity contribution in [2.45, 2.75) is 0 Å². The van der Waals surface area contributed by atoms with Gasteiger partial charge in [0.25, 0.3) is 5.91 Å². The summed E-state index contributed by atoms with van der Waals surface area (Å²) in [7, 11) is 1.62. The summed E-state index contributed by atoms with van der Waals surface area (Å²) in [6, 6.07) is 5.23. The summed E-state index contributed by atoms with van der Waals surface area (Å²) < 4.78 is 15.9. The molecule has 1 aromatic heterocycles. The molecule has 1 amide bonds. The van der Waals surface area contributed by atoms with Gasteiger partial charge >= 0.3 is 0 Å². The fraction of sp³-hybridized carbons (Fsp3) is 0.312. The van der Waals surface area contributed by atoms with E-state index in [0.717, 1.165) is 0 Å². The highest BCUT2D eigenvalue weighted by Crippen LogP contribution is 2.32. The number of rotatable bonds is 6. The molecule has 0 aliphatic carbocycles. The van der Waals surface area contributed by atoms with E-state index in [-0.39, 0.29) is 11.6 Å². The van der Waals surface area contributed by atoms with Crippen LogP contribution in [0, 0.1) is 0 Å². The zero-order chi connectivity index (χ0) is 16.8. The van der Waals surface area contributed by atoms with Crippen LogP contribution in [0.1, 0.15) is 10.5 Å². The third-order valence-electron chi connectivity index (χ3n) is 3.30. The highest BCUT2D eigenvalue weighted by molar-refractivity contribution is 6.02. The van der Waals surface area contributed by atoms with Gasteiger partial charge in [-0.1, -0.05) is 0 Å². The van der Waals surface area contributed by atoms with Crippen molar-refractivity contribution in [1.82, 2.24) is 9.97 Å². The molecule has 24 heavy (non-hydrogen) atoms. The third kappa shape index (κ3) is 3.90. The van der Waals surface area contributed by atoms with Crippen LogP contribution in [-0.2, 0) is 4.74 Å². The van der Waals surface area contributed by atoms with Crippen molar-refractivity contribution in [3.05, 3.63) is 36.3 Å². The summed E-state index contributed by atoms with van der Waals surface area (Å²) >= 11 is 0. The third-order valence-corrected chi connectivity index (χ3v) is 3.30. The topological polar surface area (TPSA) is 94.6 Å². The highest BCUT2D eigenvalue weighted by Gasteiger charge is 2.14. The molecule has 2 heterocycles. The van der Waals surface area contributed by atoms with Gasteiger partial charge in [0.15, 0.2) is 11.5 Å². The number of anilines is 2. The van der Waals surface area contributed by atoms with Crippen LogP contribution < -0.4 is 20.1 Å². The molecule has 2 N–H and O–H groups in total. The van der Waals surface area contributed by atoms with Gasteiger partial charge in [-0.15, -0.1) is 0 Å². The average Bonchev–Trinajstić information content (AvgIpc) is 2.62. The van der Waals surface area contributed by atoms with Gasteiger partial charge in [-0.05, 0) is 12.1 Å². The lowest BCUT2D eigenvalue weighted by atomic mass is 10.2. The molecule has 0 unspecified atom stereocenters. The Bertz CT molecular complexity index is 706. The normalized spacial score (nSPS) is 12.5.